The molecule has 0 heterocycles. The molecule has 0 bridgehead atoms. The van der Waals surface area contributed by atoms with Gasteiger partial charge in [0.05, 0.1) is 6.61 Å². The summed E-state index contributed by atoms with van der Waals surface area (Å²) in [5, 5.41) is 3.25. The minimum Gasteiger partial charge on any atom is -0.494 e. The lowest BCUT2D eigenvalue weighted by molar-refractivity contribution is 0.302. The van der Waals surface area contributed by atoms with E-state index in [0.717, 1.165) is 18.8 Å². The van der Waals surface area contributed by atoms with Crippen molar-refractivity contribution in [3.63, 3.8) is 0 Å². The van der Waals surface area contributed by atoms with Gasteiger partial charge in [-0.25, -0.2) is 0 Å². The predicted molar refractivity (Wildman–Crippen MR) is 73.8 cm³/mol. The maximum Gasteiger partial charge on any atom is 0.119 e. The van der Waals surface area contributed by atoms with Crippen LogP contribution in [0.5, 0.6) is 5.75 Å². The molecule has 0 amide bonds. The van der Waals surface area contributed by atoms with Crippen LogP contribution in [-0.4, -0.2) is 19.7 Å². The van der Waals surface area contributed by atoms with E-state index in [1.54, 1.807) is 0 Å². The van der Waals surface area contributed by atoms with Crippen molar-refractivity contribution in [1.82, 2.24) is 5.32 Å². The van der Waals surface area contributed by atoms with Crippen molar-refractivity contribution in [2.24, 2.45) is 0 Å². The molecule has 17 heavy (non-hydrogen) atoms. The molecule has 1 aromatic rings. The Morgan fingerprint density at radius 2 is 1.76 bits per heavy atom. The SMILES string of the molecule is CNC(C)CCCCOc1cc(C)cc(C)c1. The van der Waals surface area contributed by atoms with E-state index < -0.39 is 0 Å². The Kier molecular flexibility index (Phi) is 6.06. The maximum atomic E-state index is 5.76. The molecule has 0 aliphatic heterocycles. The quantitative estimate of drug-likeness (QED) is 0.731. The second-order valence-corrected chi connectivity index (χ2v) is 4.86. The van der Waals surface area contributed by atoms with Crippen LogP contribution in [0.4, 0.5) is 0 Å². The zero-order valence-electron chi connectivity index (χ0n) is 11.5. The topological polar surface area (TPSA) is 21.3 Å². The third-order valence-corrected chi connectivity index (χ3v) is 2.99. The molecule has 2 nitrogen and oxygen atoms in total. The van der Waals surface area contributed by atoms with Crippen LogP contribution in [0.1, 0.15) is 37.3 Å². The van der Waals surface area contributed by atoms with E-state index >= 15 is 0 Å². The van der Waals surface area contributed by atoms with Gasteiger partial charge in [-0.2, -0.15) is 0 Å². The first-order valence-corrected chi connectivity index (χ1v) is 6.50. The molecule has 0 fully saturated rings. The van der Waals surface area contributed by atoms with Crippen molar-refractivity contribution in [3.05, 3.63) is 29.3 Å². The lowest BCUT2D eigenvalue weighted by Crippen LogP contribution is -2.20. The third-order valence-electron chi connectivity index (χ3n) is 2.99. The Balaban J connectivity index is 2.22. The predicted octanol–water partition coefficient (Wildman–Crippen LogP) is 3.46. The van der Waals surface area contributed by atoms with E-state index in [2.05, 4.69) is 44.3 Å². The molecule has 2 heteroatoms. The van der Waals surface area contributed by atoms with Crippen LogP contribution in [0.2, 0.25) is 0 Å². The van der Waals surface area contributed by atoms with Crippen LogP contribution < -0.4 is 10.1 Å². The van der Waals surface area contributed by atoms with Gasteiger partial charge in [0.2, 0.25) is 0 Å². The minimum atomic E-state index is 0.608. The number of hydrogen-bond donors (Lipinski definition) is 1. The molecule has 96 valence electrons. The largest absolute Gasteiger partial charge is 0.494 e. The number of unbranched alkanes of at least 4 members (excludes halogenated alkanes) is 1. The molecule has 0 saturated heterocycles. The van der Waals surface area contributed by atoms with Gasteiger partial charge in [0, 0.05) is 6.04 Å². The molecule has 0 radical (unpaired) electrons. The van der Waals surface area contributed by atoms with Crippen LogP contribution in [0.25, 0.3) is 0 Å². The summed E-state index contributed by atoms with van der Waals surface area (Å²) in [5.41, 5.74) is 2.53. The van der Waals surface area contributed by atoms with E-state index in [1.807, 2.05) is 7.05 Å². The molecule has 1 aromatic carbocycles. The second-order valence-electron chi connectivity index (χ2n) is 4.86. The number of ether oxygens (including phenoxy) is 1. The lowest BCUT2D eigenvalue weighted by atomic mass is 10.1. The highest BCUT2D eigenvalue weighted by atomic mass is 16.5. The zero-order valence-corrected chi connectivity index (χ0v) is 11.5. The molecule has 1 unspecified atom stereocenters. The van der Waals surface area contributed by atoms with E-state index in [4.69, 9.17) is 4.74 Å². The van der Waals surface area contributed by atoms with Crippen LogP contribution in [0.3, 0.4) is 0 Å². The Labute approximate surface area is 105 Å². The smallest absolute Gasteiger partial charge is 0.119 e. The van der Waals surface area contributed by atoms with Crippen molar-refractivity contribution in [2.45, 2.75) is 46.1 Å². The number of rotatable bonds is 7. The van der Waals surface area contributed by atoms with E-state index in [9.17, 15) is 0 Å². The van der Waals surface area contributed by atoms with E-state index in [-0.39, 0.29) is 0 Å². The van der Waals surface area contributed by atoms with Gasteiger partial charge < -0.3 is 10.1 Å². The van der Waals surface area contributed by atoms with Crippen LogP contribution >= 0.6 is 0 Å². The van der Waals surface area contributed by atoms with Gasteiger partial charge in [0.15, 0.2) is 0 Å². The molecular weight excluding hydrogens is 210 g/mol. The summed E-state index contributed by atoms with van der Waals surface area (Å²) >= 11 is 0. The first-order valence-electron chi connectivity index (χ1n) is 6.50. The van der Waals surface area contributed by atoms with Gasteiger partial charge in [-0.05, 0) is 70.3 Å². The van der Waals surface area contributed by atoms with Crippen LogP contribution in [0.15, 0.2) is 18.2 Å². The van der Waals surface area contributed by atoms with Crippen molar-refractivity contribution < 1.29 is 4.74 Å². The summed E-state index contributed by atoms with van der Waals surface area (Å²) in [7, 11) is 2.01. The van der Waals surface area contributed by atoms with E-state index in [0.29, 0.717) is 6.04 Å². The number of benzene rings is 1. The fraction of sp³-hybridized carbons (Fsp3) is 0.600. The monoisotopic (exact) mass is 235 g/mol. The third kappa shape index (κ3) is 5.73. The summed E-state index contributed by atoms with van der Waals surface area (Å²) in [6.07, 6.45) is 3.55. The van der Waals surface area contributed by atoms with Gasteiger partial charge >= 0.3 is 0 Å². The average molecular weight is 235 g/mol. The van der Waals surface area contributed by atoms with Crippen molar-refractivity contribution >= 4 is 0 Å². The molecule has 1 N–H and O–H groups in total. The van der Waals surface area contributed by atoms with Crippen molar-refractivity contribution in [1.29, 1.82) is 0 Å². The summed E-state index contributed by atoms with van der Waals surface area (Å²) in [5.74, 6) is 1.00. The Morgan fingerprint density at radius 3 is 2.35 bits per heavy atom. The summed E-state index contributed by atoms with van der Waals surface area (Å²) in [6.45, 7) is 7.24. The fourth-order valence-corrected chi connectivity index (χ4v) is 1.90. The molecule has 0 spiro atoms. The van der Waals surface area contributed by atoms with Gasteiger partial charge in [0.1, 0.15) is 5.75 Å². The second kappa shape index (κ2) is 7.33. The Hall–Kier alpha value is -1.02. The normalized spacial score (nSPS) is 12.5. The van der Waals surface area contributed by atoms with Gasteiger partial charge in [-0.1, -0.05) is 6.07 Å². The summed E-state index contributed by atoms with van der Waals surface area (Å²) < 4.78 is 5.76. The first kappa shape index (κ1) is 14.0. The molecule has 0 aliphatic rings. The highest BCUT2D eigenvalue weighted by Crippen LogP contribution is 2.16. The molecule has 0 saturated carbocycles. The molecule has 0 aliphatic carbocycles. The highest BCUT2D eigenvalue weighted by molar-refractivity contribution is 5.32. The first-order chi connectivity index (χ1) is 8.11. The fourth-order valence-electron chi connectivity index (χ4n) is 1.90. The number of hydrogen-bond acceptors (Lipinski definition) is 2. The standard InChI is InChI=1S/C15H25NO/c1-12-9-13(2)11-15(10-12)17-8-6-5-7-14(3)16-4/h9-11,14,16H,5-8H2,1-4H3. The van der Waals surface area contributed by atoms with E-state index in [1.165, 1.54) is 24.0 Å². The average Bonchev–Trinajstić information content (AvgIpc) is 2.27. The summed E-state index contributed by atoms with van der Waals surface area (Å²) in [4.78, 5) is 0. The zero-order chi connectivity index (χ0) is 12.7. The number of nitrogens with one attached hydrogen (secondary N) is 1. The Bertz CT molecular complexity index is 315. The molecular formula is C15H25NO. The maximum absolute atomic E-state index is 5.76. The Morgan fingerprint density at radius 1 is 1.12 bits per heavy atom. The lowest BCUT2D eigenvalue weighted by Gasteiger charge is -2.10. The van der Waals surface area contributed by atoms with Gasteiger partial charge in [-0.15, -0.1) is 0 Å². The minimum absolute atomic E-state index is 0.608. The van der Waals surface area contributed by atoms with Gasteiger partial charge in [-0.3, -0.25) is 0 Å². The molecule has 1 rings (SSSR count). The summed E-state index contributed by atoms with van der Waals surface area (Å²) in [6, 6.07) is 6.98. The number of aryl methyl sites for hydroxylation is 2. The van der Waals surface area contributed by atoms with Crippen molar-refractivity contribution in [3.8, 4) is 5.75 Å². The molecule has 0 aromatic heterocycles. The van der Waals surface area contributed by atoms with Crippen LogP contribution in [0, 0.1) is 13.8 Å². The van der Waals surface area contributed by atoms with Gasteiger partial charge in [0.25, 0.3) is 0 Å². The van der Waals surface area contributed by atoms with Crippen LogP contribution in [-0.2, 0) is 0 Å². The molecule has 1 atom stereocenters. The highest BCUT2D eigenvalue weighted by Gasteiger charge is 1.99. The van der Waals surface area contributed by atoms with Crippen molar-refractivity contribution in [2.75, 3.05) is 13.7 Å².